The zero-order chi connectivity index (χ0) is 17.2. The molecule has 3 saturated heterocycles. The fourth-order valence-corrected chi connectivity index (χ4v) is 3.79. The van der Waals surface area contributed by atoms with E-state index >= 15 is 0 Å². The molecule has 1 amide bonds. The van der Waals surface area contributed by atoms with Crippen molar-refractivity contribution in [2.75, 3.05) is 19.6 Å². The van der Waals surface area contributed by atoms with Gasteiger partial charge < -0.3 is 10.1 Å². The second-order valence-electron chi connectivity index (χ2n) is 7.52. The molecule has 3 fully saturated rings. The van der Waals surface area contributed by atoms with Crippen LogP contribution in [0.2, 0.25) is 0 Å². The molecule has 4 rings (SSSR count). The summed E-state index contributed by atoms with van der Waals surface area (Å²) >= 11 is 0. The van der Waals surface area contributed by atoms with Crippen LogP contribution in [0.4, 0.5) is 4.79 Å². The van der Waals surface area contributed by atoms with E-state index in [4.69, 9.17) is 4.74 Å². The van der Waals surface area contributed by atoms with Gasteiger partial charge in [-0.3, -0.25) is 4.90 Å². The quantitative estimate of drug-likeness (QED) is 0.842. The molecule has 0 radical (unpaired) electrons. The lowest BCUT2D eigenvalue weighted by atomic mass is 9.86. The third-order valence-corrected chi connectivity index (χ3v) is 5.30. The molecule has 3 heterocycles. The van der Waals surface area contributed by atoms with Gasteiger partial charge in [-0.05, 0) is 63.2 Å². The van der Waals surface area contributed by atoms with Crippen LogP contribution in [0, 0.1) is 5.92 Å². The lowest BCUT2D eigenvalue weighted by Crippen LogP contribution is -2.53. The van der Waals surface area contributed by atoms with E-state index in [-0.39, 0.29) is 12.2 Å². The number of carbonyl (C=O) groups excluding carboxylic acids is 1. The molecular weight excluding hydrogens is 300 g/mol. The number of nitrogens with one attached hydrogen (secondary N) is 1. The summed E-state index contributed by atoms with van der Waals surface area (Å²) < 4.78 is 5.75. The molecular formula is C20H28N2O2. The topological polar surface area (TPSA) is 41.6 Å². The fourth-order valence-electron chi connectivity index (χ4n) is 3.79. The SMILES string of the molecule is C=CCc1cccc(C(C)(C)NC(=O)OC2CN3CCC2CC3)c1. The second kappa shape index (κ2) is 6.98. The average molecular weight is 328 g/mol. The minimum Gasteiger partial charge on any atom is -0.445 e. The van der Waals surface area contributed by atoms with Crippen LogP contribution >= 0.6 is 0 Å². The van der Waals surface area contributed by atoms with E-state index in [0.717, 1.165) is 44.5 Å². The number of nitrogens with zero attached hydrogens (tertiary/aromatic N) is 1. The number of benzene rings is 1. The number of allylic oxidation sites excluding steroid dienone is 1. The number of hydrogen-bond acceptors (Lipinski definition) is 3. The van der Waals surface area contributed by atoms with E-state index < -0.39 is 5.54 Å². The Morgan fingerprint density at radius 3 is 2.79 bits per heavy atom. The van der Waals surface area contributed by atoms with Crippen LogP contribution in [0.5, 0.6) is 0 Å². The first kappa shape index (κ1) is 17.0. The molecule has 1 aromatic carbocycles. The van der Waals surface area contributed by atoms with E-state index in [1.165, 1.54) is 5.56 Å². The molecule has 0 spiro atoms. The summed E-state index contributed by atoms with van der Waals surface area (Å²) in [4.78, 5) is 14.8. The number of fused-ring (bicyclic) bond motifs is 3. The first-order valence-corrected chi connectivity index (χ1v) is 8.89. The van der Waals surface area contributed by atoms with Crippen molar-refractivity contribution in [1.82, 2.24) is 10.2 Å². The summed E-state index contributed by atoms with van der Waals surface area (Å²) in [5.74, 6) is 0.528. The number of carbonyl (C=O) groups is 1. The number of hydrogen-bond donors (Lipinski definition) is 1. The van der Waals surface area contributed by atoms with Crippen LogP contribution in [0.25, 0.3) is 0 Å². The average Bonchev–Trinajstić information content (AvgIpc) is 2.56. The summed E-state index contributed by atoms with van der Waals surface area (Å²) in [6.07, 6.45) is 4.73. The fraction of sp³-hybridized carbons (Fsp3) is 0.550. The standard InChI is InChI=1S/C20H28N2O2/c1-4-6-15-7-5-8-17(13-15)20(2,3)21-19(23)24-18-14-22-11-9-16(18)10-12-22/h4-5,7-8,13,16,18H,1,6,9-12,14H2,2-3H3,(H,21,23). The Kier molecular flexibility index (Phi) is 4.95. The van der Waals surface area contributed by atoms with Crippen molar-refractivity contribution in [3.05, 3.63) is 48.0 Å². The van der Waals surface area contributed by atoms with Crippen molar-refractivity contribution >= 4 is 6.09 Å². The Morgan fingerprint density at radius 2 is 2.17 bits per heavy atom. The highest BCUT2D eigenvalue weighted by Crippen LogP contribution is 2.30. The van der Waals surface area contributed by atoms with Gasteiger partial charge in [0.25, 0.3) is 0 Å². The van der Waals surface area contributed by atoms with Gasteiger partial charge in [-0.1, -0.05) is 30.3 Å². The number of ether oxygens (including phenoxy) is 1. The minimum atomic E-state index is -0.470. The van der Waals surface area contributed by atoms with Gasteiger partial charge >= 0.3 is 6.09 Å². The van der Waals surface area contributed by atoms with Crippen LogP contribution in [-0.2, 0) is 16.7 Å². The van der Waals surface area contributed by atoms with Gasteiger partial charge in [0.05, 0.1) is 5.54 Å². The molecule has 0 saturated carbocycles. The van der Waals surface area contributed by atoms with Crippen LogP contribution in [0.15, 0.2) is 36.9 Å². The maximum absolute atomic E-state index is 12.4. The molecule has 3 aliphatic rings. The smallest absolute Gasteiger partial charge is 0.408 e. The summed E-state index contributed by atoms with van der Waals surface area (Å²) in [6, 6.07) is 8.26. The number of amides is 1. The zero-order valence-electron chi connectivity index (χ0n) is 14.8. The van der Waals surface area contributed by atoms with Crippen LogP contribution in [0.3, 0.4) is 0 Å². The summed E-state index contributed by atoms with van der Waals surface area (Å²) in [5.41, 5.74) is 1.80. The largest absolute Gasteiger partial charge is 0.445 e. The maximum atomic E-state index is 12.4. The van der Waals surface area contributed by atoms with Gasteiger partial charge in [-0.2, -0.15) is 0 Å². The van der Waals surface area contributed by atoms with Crippen molar-refractivity contribution < 1.29 is 9.53 Å². The third kappa shape index (κ3) is 3.81. The lowest BCUT2D eigenvalue weighted by Gasteiger charge is -2.44. The predicted octanol–water partition coefficient (Wildman–Crippen LogP) is 3.47. The first-order valence-electron chi connectivity index (χ1n) is 8.89. The number of alkyl carbamates (subject to hydrolysis) is 1. The zero-order valence-corrected chi connectivity index (χ0v) is 14.8. The molecule has 4 heteroatoms. The van der Waals surface area contributed by atoms with Crippen LogP contribution < -0.4 is 5.32 Å². The second-order valence-corrected chi connectivity index (χ2v) is 7.52. The van der Waals surface area contributed by atoms with E-state index in [1.54, 1.807) is 0 Å². The van der Waals surface area contributed by atoms with Crippen molar-refractivity contribution in [2.45, 2.75) is 44.8 Å². The molecule has 1 aromatic rings. The van der Waals surface area contributed by atoms with Gasteiger partial charge in [0.15, 0.2) is 0 Å². The summed E-state index contributed by atoms with van der Waals surface area (Å²) in [7, 11) is 0. The molecule has 1 atom stereocenters. The monoisotopic (exact) mass is 328 g/mol. The van der Waals surface area contributed by atoms with Crippen LogP contribution in [0.1, 0.15) is 37.8 Å². The number of rotatable bonds is 5. The maximum Gasteiger partial charge on any atom is 0.408 e. The molecule has 1 unspecified atom stereocenters. The van der Waals surface area contributed by atoms with Crippen LogP contribution in [-0.4, -0.2) is 36.7 Å². The van der Waals surface area contributed by atoms with Crippen molar-refractivity contribution in [2.24, 2.45) is 5.92 Å². The Bertz CT molecular complexity index is 603. The highest BCUT2D eigenvalue weighted by atomic mass is 16.6. The highest BCUT2D eigenvalue weighted by molar-refractivity contribution is 5.69. The molecule has 1 N–H and O–H groups in total. The molecule has 24 heavy (non-hydrogen) atoms. The molecule has 130 valence electrons. The van der Waals surface area contributed by atoms with E-state index in [9.17, 15) is 4.79 Å². The van der Waals surface area contributed by atoms with E-state index in [1.807, 2.05) is 32.1 Å². The first-order chi connectivity index (χ1) is 11.5. The Hall–Kier alpha value is -1.81. The molecule has 3 aliphatic heterocycles. The van der Waals surface area contributed by atoms with Crippen molar-refractivity contribution in [3.63, 3.8) is 0 Å². The number of piperidine rings is 3. The van der Waals surface area contributed by atoms with Gasteiger partial charge in [0.2, 0.25) is 0 Å². The van der Waals surface area contributed by atoms with Crippen molar-refractivity contribution in [3.8, 4) is 0 Å². The summed E-state index contributed by atoms with van der Waals surface area (Å²) in [6.45, 7) is 11.0. The molecule has 0 aromatic heterocycles. The van der Waals surface area contributed by atoms with E-state index in [2.05, 4.69) is 28.9 Å². The van der Waals surface area contributed by atoms with Gasteiger partial charge in [-0.25, -0.2) is 4.79 Å². The minimum absolute atomic E-state index is 0.0374. The summed E-state index contributed by atoms with van der Waals surface area (Å²) in [5, 5.41) is 3.04. The highest BCUT2D eigenvalue weighted by Gasteiger charge is 2.37. The normalized spacial score (nSPS) is 26.0. The predicted molar refractivity (Wildman–Crippen MR) is 95.9 cm³/mol. The van der Waals surface area contributed by atoms with E-state index in [0.29, 0.717) is 5.92 Å². The Balaban J connectivity index is 1.62. The van der Waals surface area contributed by atoms with Gasteiger partial charge in [-0.15, -0.1) is 6.58 Å². The molecule has 0 aliphatic carbocycles. The third-order valence-electron chi connectivity index (χ3n) is 5.30. The lowest BCUT2D eigenvalue weighted by molar-refractivity contribution is -0.0349. The van der Waals surface area contributed by atoms with Gasteiger partial charge in [0, 0.05) is 6.54 Å². The molecule has 2 bridgehead atoms. The molecule has 4 nitrogen and oxygen atoms in total. The Labute approximate surface area is 144 Å². The van der Waals surface area contributed by atoms with Gasteiger partial charge in [0.1, 0.15) is 6.10 Å². The van der Waals surface area contributed by atoms with Crippen molar-refractivity contribution in [1.29, 1.82) is 0 Å². The Morgan fingerprint density at radius 1 is 1.42 bits per heavy atom.